The number of benzene rings is 1. The minimum atomic E-state index is -0.217. The lowest BCUT2D eigenvalue weighted by Gasteiger charge is -2.09. The summed E-state index contributed by atoms with van der Waals surface area (Å²) < 4.78 is 18.1. The number of anilines is 1. The average molecular weight is 246 g/mol. The van der Waals surface area contributed by atoms with Gasteiger partial charge >= 0.3 is 0 Å². The van der Waals surface area contributed by atoms with Crippen LogP contribution in [0.4, 0.5) is 10.1 Å². The van der Waals surface area contributed by atoms with Crippen molar-refractivity contribution in [2.24, 2.45) is 0 Å². The molecule has 0 aliphatic rings. The van der Waals surface area contributed by atoms with Gasteiger partial charge in [-0.2, -0.15) is 0 Å². The first-order valence-electron chi connectivity index (χ1n) is 5.68. The van der Waals surface area contributed by atoms with Gasteiger partial charge in [-0.15, -0.1) is 0 Å². The van der Waals surface area contributed by atoms with Crippen molar-refractivity contribution in [2.75, 3.05) is 12.4 Å². The van der Waals surface area contributed by atoms with E-state index >= 15 is 0 Å². The lowest BCUT2D eigenvalue weighted by molar-refractivity contribution is 0.398. The van der Waals surface area contributed by atoms with E-state index < -0.39 is 0 Å². The number of halogens is 1. The second-order valence-corrected chi connectivity index (χ2v) is 4.01. The van der Waals surface area contributed by atoms with Crippen LogP contribution in [0.3, 0.4) is 0 Å². The predicted octanol–water partition coefficient (Wildman–Crippen LogP) is 3.15. The molecule has 0 aliphatic carbocycles. The standard InChI is InChI=1S/C14H15FN2O/c1-10-3-4-12(15)7-11(10)8-16-13-5-6-14(18-2)17-9-13/h3-7,9,16H,8H2,1-2H3. The van der Waals surface area contributed by atoms with Crippen molar-refractivity contribution in [1.29, 1.82) is 0 Å². The molecule has 1 aromatic carbocycles. The molecule has 1 aromatic heterocycles. The van der Waals surface area contributed by atoms with Gasteiger partial charge in [0.15, 0.2) is 0 Å². The third-order valence-corrected chi connectivity index (χ3v) is 2.74. The van der Waals surface area contributed by atoms with Crippen molar-refractivity contribution in [3.05, 3.63) is 53.5 Å². The summed E-state index contributed by atoms with van der Waals surface area (Å²) in [5.41, 5.74) is 2.87. The minimum Gasteiger partial charge on any atom is -0.481 e. The largest absolute Gasteiger partial charge is 0.481 e. The van der Waals surface area contributed by atoms with Gasteiger partial charge in [-0.25, -0.2) is 9.37 Å². The summed E-state index contributed by atoms with van der Waals surface area (Å²) in [6.45, 7) is 2.53. The monoisotopic (exact) mass is 246 g/mol. The fourth-order valence-electron chi connectivity index (χ4n) is 1.63. The maximum absolute atomic E-state index is 13.1. The van der Waals surface area contributed by atoms with Gasteiger partial charge in [0.2, 0.25) is 5.88 Å². The van der Waals surface area contributed by atoms with Crippen molar-refractivity contribution < 1.29 is 9.13 Å². The number of nitrogens with zero attached hydrogens (tertiary/aromatic N) is 1. The number of aromatic nitrogens is 1. The van der Waals surface area contributed by atoms with Crippen LogP contribution in [0.15, 0.2) is 36.5 Å². The van der Waals surface area contributed by atoms with Gasteiger partial charge in [-0.1, -0.05) is 6.07 Å². The van der Waals surface area contributed by atoms with Gasteiger partial charge in [-0.3, -0.25) is 0 Å². The van der Waals surface area contributed by atoms with Crippen LogP contribution in [0.2, 0.25) is 0 Å². The number of pyridine rings is 1. The number of rotatable bonds is 4. The van der Waals surface area contributed by atoms with Gasteiger partial charge in [0.1, 0.15) is 5.82 Å². The van der Waals surface area contributed by atoms with Gasteiger partial charge in [0.05, 0.1) is 19.0 Å². The molecule has 3 nitrogen and oxygen atoms in total. The lowest BCUT2D eigenvalue weighted by atomic mass is 10.1. The van der Waals surface area contributed by atoms with Crippen molar-refractivity contribution in [1.82, 2.24) is 4.98 Å². The Bertz CT molecular complexity index is 526. The maximum Gasteiger partial charge on any atom is 0.213 e. The van der Waals surface area contributed by atoms with Crippen molar-refractivity contribution in [3.63, 3.8) is 0 Å². The van der Waals surface area contributed by atoms with Gasteiger partial charge < -0.3 is 10.1 Å². The molecule has 0 amide bonds. The highest BCUT2D eigenvalue weighted by molar-refractivity contribution is 5.43. The molecule has 0 atom stereocenters. The molecule has 1 N–H and O–H groups in total. The summed E-state index contributed by atoms with van der Waals surface area (Å²) in [4.78, 5) is 4.09. The first kappa shape index (κ1) is 12.4. The summed E-state index contributed by atoms with van der Waals surface area (Å²) in [6, 6.07) is 8.44. The van der Waals surface area contributed by atoms with E-state index in [0.717, 1.165) is 16.8 Å². The number of nitrogens with one attached hydrogen (secondary N) is 1. The Morgan fingerprint density at radius 1 is 1.28 bits per heavy atom. The topological polar surface area (TPSA) is 34.1 Å². The fraction of sp³-hybridized carbons (Fsp3) is 0.214. The van der Waals surface area contributed by atoms with Crippen LogP contribution in [-0.4, -0.2) is 12.1 Å². The lowest BCUT2D eigenvalue weighted by Crippen LogP contribution is -2.02. The fourth-order valence-corrected chi connectivity index (χ4v) is 1.63. The zero-order valence-electron chi connectivity index (χ0n) is 10.4. The smallest absolute Gasteiger partial charge is 0.213 e. The molecule has 2 aromatic rings. The van der Waals surface area contributed by atoms with Gasteiger partial charge in [0.25, 0.3) is 0 Å². The average Bonchev–Trinajstić information content (AvgIpc) is 2.40. The number of hydrogen-bond donors (Lipinski definition) is 1. The van der Waals surface area contributed by atoms with Crippen LogP contribution in [0.5, 0.6) is 5.88 Å². The molecular formula is C14H15FN2O. The molecule has 0 radical (unpaired) electrons. The molecule has 2 rings (SSSR count). The van der Waals surface area contributed by atoms with E-state index in [0.29, 0.717) is 12.4 Å². The Morgan fingerprint density at radius 3 is 2.78 bits per heavy atom. The predicted molar refractivity (Wildman–Crippen MR) is 69.3 cm³/mol. The highest BCUT2D eigenvalue weighted by Gasteiger charge is 2.01. The van der Waals surface area contributed by atoms with Gasteiger partial charge in [-0.05, 0) is 36.2 Å². The SMILES string of the molecule is COc1ccc(NCc2cc(F)ccc2C)cn1. The summed E-state index contributed by atoms with van der Waals surface area (Å²) in [6.07, 6.45) is 1.69. The van der Waals surface area contributed by atoms with E-state index in [4.69, 9.17) is 4.74 Å². The normalized spacial score (nSPS) is 10.2. The van der Waals surface area contributed by atoms with E-state index in [1.54, 1.807) is 31.5 Å². The summed E-state index contributed by atoms with van der Waals surface area (Å²) in [5.74, 6) is 0.354. The Labute approximate surface area is 106 Å². The van der Waals surface area contributed by atoms with Crippen molar-refractivity contribution in [3.8, 4) is 5.88 Å². The van der Waals surface area contributed by atoms with Crippen LogP contribution in [0, 0.1) is 12.7 Å². The molecule has 0 unspecified atom stereocenters. The summed E-state index contributed by atoms with van der Waals surface area (Å²) >= 11 is 0. The molecule has 0 saturated heterocycles. The van der Waals surface area contributed by atoms with E-state index in [-0.39, 0.29) is 5.82 Å². The molecule has 0 spiro atoms. The zero-order valence-corrected chi connectivity index (χ0v) is 10.4. The summed E-state index contributed by atoms with van der Waals surface area (Å²) in [7, 11) is 1.57. The third-order valence-electron chi connectivity index (χ3n) is 2.74. The first-order chi connectivity index (χ1) is 8.69. The van der Waals surface area contributed by atoms with Crippen LogP contribution < -0.4 is 10.1 Å². The Balaban J connectivity index is 2.04. The second kappa shape index (κ2) is 5.49. The number of methoxy groups -OCH3 is 1. The molecule has 0 bridgehead atoms. The highest BCUT2D eigenvalue weighted by atomic mass is 19.1. The molecule has 0 fully saturated rings. The van der Waals surface area contributed by atoms with Gasteiger partial charge in [0, 0.05) is 12.6 Å². The number of aryl methyl sites for hydroxylation is 1. The molecule has 4 heteroatoms. The van der Waals surface area contributed by atoms with Crippen molar-refractivity contribution >= 4 is 5.69 Å². The van der Waals surface area contributed by atoms with Crippen LogP contribution in [0.1, 0.15) is 11.1 Å². The summed E-state index contributed by atoms with van der Waals surface area (Å²) in [5, 5.41) is 3.20. The number of hydrogen-bond acceptors (Lipinski definition) is 3. The first-order valence-corrected chi connectivity index (χ1v) is 5.68. The number of ether oxygens (including phenoxy) is 1. The maximum atomic E-state index is 13.1. The Kier molecular flexibility index (Phi) is 3.77. The molecule has 0 saturated carbocycles. The quantitative estimate of drug-likeness (QED) is 0.899. The third kappa shape index (κ3) is 2.97. The van der Waals surface area contributed by atoms with E-state index in [9.17, 15) is 4.39 Å². The zero-order chi connectivity index (χ0) is 13.0. The highest BCUT2D eigenvalue weighted by Crippen LogP contribution is 2.15. The van der Waals surface area contributed by atoms with Crippen LogP contribution >= 0.6 is 0 Å². The van der Waals surface area contributed by atoms with Crippen LogP contribution in [0.25, 0.3) is 0 Å². The molecule has 18 heavy (non-hydrogen) atoms. The Morgan fingerprint density at radius 2 is 2.11 bits per heavy atom. The molecular weight excluding hydrogens is 231 g/mol. The van der Waals surface area contributed by atoms with Crippen molar-refractivity contribution in [2.45, 2.75) is 13.5 Å². The molecule has 1 heterocycles. The second-order valence-electron chi connectivity index (χ2n) is 4.01. The van der Waals surface area contributed by atoms with Crippen LogP contribution in [-0.2, 0) is 6.54 Å². The van der Waals surface area contributed by atoms with E-state index in [1.165, 1.54) is 6.07 Å². The molecule has 94 valence electrons. The van der Waals surface area contributed by atoms with E-state index in [2.05, 4.69) is 10.3 Å². The Hall–Kier alpha value is -2.10. The minimum absolute atomic E-state index is 0.217. The van der Waals surface area contributed by atoms with E-state index in [1.807, 2.05) is 13.0 Å². The molecule has 0 aliphatic heterocycles.